The second-order valence-electron chi connectivity index (χ2n) is 10.6. The summed E-state index contributed by atoms with van der Waals surface area (Å²) in [4.78, 5) is 27.5. The predicted octanol–water partition coefficient (Wildman–Crippen LogP) is 4.84. The first-order valence-electron chi connectivity index (χ1n) is 14.5. The average molecular weight is 713 g/mol. The molecule has 0 saturated carbocycles. The number of benzene rings is 3. The summed E-state index contributed by atoms with van der Waals surface area (Å²) >= 11 is 2.33. The minimum absolute atomic E-state index is 0.128. The van der Waals surface area contributed by atoms with E-state index in [1.807, 2.05) is 60.7 Å². The SMILES string of the molecule is COCCOC1C(CI)[C@H](COC(c2ccccc2)(c2ccccc2)c2ccc(OC)cc2)O[C@@H]1n1cc(C)c(=O)[nH]c1=O. The van der Waals surface area contributed by atoms with E-state index in [0.717, 1.165) is 22.4 Å². The highest BCUT2D eigenvalue weighted by Gasteiger charge is 2.48. The number of halogens is 1. The van der Waals surface area contributed by atoms with Crippen LogP contribution < -0.4 is 16.0 Å². The quantitative estimate of drug-likeness (QED) is 0.0917. The molecular formula is C34H37IN2O7. The summed E-state index contributed by atoms with van der Waals surface area (Å²) in [6.45, 7) is 2.56. The molecule has 1 aliphatic rings. The van der Waals surface area contributed by atoms with E-state index >= 15 is 0 Å². The zero-order chi connectivity index (χ0) is 31.1. The highest BCUT2D eigenvalue weighted by atomic mass is 127. The molecule has 44 heavy (non-hydrogen) atoms. The summed E-state index contributed by atoms with van der Waals surface area (Å²) in [6, 6.07) is 28.1. The monoisotopic (exact) mass is 712 g/mol. The Bertz CT molecular complexity index is 1570. The molecule has 1 N–H and O–H groups in total. The number of ether oxygens (including phenoxy) is 5. The number of methoxy groups -OCH3 is 2. The van der Waals surface area contributed by atoms with Crippen molar-refractivity contribution in [3.8, 4) is 5.75 Å². The summed E-state index contributed by atoms with van der Waals surface area (Å²) in [6.07, 6.45) is -0.162. The van der Waals surface area contributed by atoms with Gasteiger partial charge in [-0.15, -0.1) is 0 Å². The molecule has 0 bridgehead atoms. The fraction of sp³-hybridized carbons (Fsp3) is 0.353. The van der Waals surface area contributed by atoms with E-state index in [0.29, 0.717) is 23.2 Å². The highest BCUT2D eigenvalue weighted by molar-refractivity contribution is 14.1. The van der Waals surface area contributed by atoms with Crippen molar-refractivity contribution in [2.45, 2.75) is 31.0 Å². The molecule has 0 radical (unpaired) electrons. The molecule has 232 valence electrons. The van der Waals surface area contributed by atoms with Gasteiger partial charge < -0.3 is 23.7 Å². The number of rotatable bonds is 13. The molecule has 4 atom stereocenters. The van der Waals surface area contributed by atoms with Gasteiger partial charge in [-0.2, -0.15) is 0 Å². The topological polar surface area (TPSA) is 101 Å². The van der Waals surface area contributed by atoms with E-state index in [1.54, 1.807) is 21.1 Å². The van der Waals surface area contributed by atoms with E-state index < -0.39 is 35.3 Å². The van der Waals surface area contributed by atoms with Gasteiger partial charge in [0.2, 0.25) is 0 Å². The summed E-state index contributed by atoms with van der Waals surface area (Å²) in [5, 5.41) is 0. The lowest BCUT2D eigenvalue weighted by Gasteiger charge is -2.37. The molecule has 9 nitrogen and oxygen atoms in total. The molecule has 10 heteroatoms. The van der Waals surface area contributed by atoms with E-state index in [2.05, 4.69) is 51.8 Å². The third-order valence-corrected chi connectivity index (χ3v) is 9.03. The molecule has 4 aromatic rings. The van der Waals surface area contributed by atoms with Crippen LogP contribution >= 0.6 is 22.6 Å². The maximum Gasteiger partial charge on any atom is 0.330 e. The number of nitrogens with one attached hydrogen (secondary N) is 1. The van der Waals surface area contributed by atoms with Crippen LogP contribution in [0.4, 0.5) is 0 Å². The Hall–Kier alpha value is -3.29. The summed E-state index contributed by atoms with van der Waals surface area (Å²) in [5.41, 5.74) is 1.28. The van der Waals surface area contributed by atoms with E-state index in [4.69, 9.17) is 23.7 Å². The van der Waals surface area contributed by atoms with Crippen LogP contribution in [0.15, 0.2) is 101 Å². The number of nitrogens with zero attached hydrogens (tertiary/aromatic N) is 1. The van der Waals surface area contributed by atoms with Gasteiger partial charge in [0.05, 0.1) is 33.0 Å². The number of aromatic nitrogens is 2. The lowest BCUT2D eigenvalue weighted by Crippen LogP contribution is -2.39. The van der Waals surface area contributed by atoms with Crippen LogP contribution in [0.5, 0.6) is 5.75 Å². The minimum Gasteiger partial charge on any atom is -0.497 e. The number of alkyl halides is 1. The molecule has 0 amide bonds. The average Bonchev–Trinajstić information content (AvgIpc) is 3.41. The molecule has 5 rings (SSSR count). The predicted molar refractivity (Wildman–Crippen MR) is 176 cm³/mol. The molecule has 3 aromatic carbocycles. The standard InChI is InChI=1S/C34H37IN2O7/c1-23-21-37(33(39)36-31(23)38)32-30(42-19-18-40-2)28(20-35)29(44-32)22-43-34(24-10-6-4-7-11-24,25-12-8-5-9-13-25)26-14-16-27(41-3)17-15-26/h4-17,21,28-30,32H,18-20,22H2,1-3H3,(H,36,38,39)/t28?,29-,30?,32-/m0/s1. The third-order valence-electron chi connectivity index (χ3n) is 8.01. The molecule has 0 aliphatic carbocycles. The number of H-pyrrole nitrogens is 1. The molecular weight excluding hydrogens is 675 g/mol. The molecule has 1 fully saturated rings. The second kappa shape index (κ2) is 14.7. The molecule has 1 aliphatic heterocycles. The van der Waals surface area contributed by atoms with Gasteiger partial charge in [-0.3, -0.25) is 14.3 Å². The first kappa shape index (κ1) is 32.1. The van der Waals surface area contributed by atoms with Gasteiger partial charge in [0.25, 0.3) is 5.56 Å². The van der Waals surface area contributed by atoms with Crippen molar-refractivity contribution in [1.29, 1.82) is 0 Å². The lowest BCUT2D eigenvalue weighted by molar-refractivity contribution is -0.0984. The Labute approximate surface area is 270 Å². The van der Waals surface area contributed by atoms with E-state index in [1.165, 1.54) is 10.8 Å². The van der Waals surface area contributed by atoms with Crippen molar-refractivity contribution in [3.63, 3.8) is 0 Å². The van der Waals surface area contributed by atoms with Crippen LogP contribution in [-0.2, 0) is 24.5 Å². The second-order valence-corrected chi connectivity index (χ2v) is 11.5. The molecule has 2 heterocycles. The van der Waals surface area contributed by atoms with Gasteiger partial charge in [-0.05, 0) is 35.7 Å². The first-order chi connectivity index (χ1) is 21.4. The van der Waals surface area contributed by atoms with E-state index in [-0.39, 0.29) is 12.5 Å². The van der Waals surface area contributed by atoms with Gasteiger partial charge in [0.15, 0.2) is 6.23 Å². The van der Waals surface area contributed by atoms with Gasteiger partial charge in [0.1, 0.15) is 17.5 Å². The minimum atomic E-state index is -0.982. The number of hydrogen-bond acceptors (Lipinski definition) is 7. The van der Waals surface area contributed by atoms with Crippen LogP contribution in [0.3, 0.4) is 0 Å². The number of aryl methyl sites for hydroxylation is 1. The van der Waals surface area contributed by atoms with Gasteiger partial charge >= 0.3 is 5.69 Å². The van der Waals surface area contributed by atoms with E-state index in [9.17, 15) is 9.59 Å². The summed E-state index contributed by atoms with van der Waals surface area (Å²) < 4.78 is 32.8. The van der Waals surface area contributed by atoms with Crippen LogP contribution in [-0.4, -0.2) is 60.2 Å². The molecule has 2 unspecified atom stereocenters. The van der Waals surface area contributed by atoms with Crippen molar-refractivity contribution < 1.29 is 23.7 Å². The van der Waals surface area contributed by atoms with Crippen molar-refractivity contribution in [2.24, 2.45) is 5.92 Å². The fourth-order valence-corrected chi connectivity index (χ4v) is 6.80. The Kier molecular flexibility index (Phi) is 10.7. The molecule has 0 spiro atoms. The van der Waals surface area contributed by atoms with Gasteiger partial charge in [0, 0.05) is 29.2 Å². The van der Waals surface area contributed by atoms with Crippen LogP contribution in [0.2, 0.25) is 0 Å². The maximum absolute atomic E-state index is 13.0. The third kappa shape index (κ3) is 6.54. The Morgan fingerprint density at radius 2 is 1.50 bits per heavy atom. The maximum atomic E-state index is 13.0. The van der Waals surface area contributed by atoms with Gasteiger partial charge in [-0.25, -0.2) is 4.79 Å². The largest absolute Gasteiger partial charge is 0.497 e. The normalized spacial score (nSPS) is 20.1. The Balaban J connectivity index is 1.57. The first-order valence-corrected chi connectivity index (χ1v) is 16.0. The lowest BCUT2D eigenvalue weighted by atomic mass is 9.80. The Morgan fingerprint density at radius 1 is 0.886 bits per heavy atom. The fourth-order valence-electron chi connectivity index (χ4n) is 5.73. The molecule has 1 saturated heterocycles. The van der Waals surface area contributed by atoms with Crippen LogP contribution in [0.25, 0.3) is 0 Å². The van der Waals surface area contributed by atoms with Crippen LogP contribution in [0, 0.1) is 12.8 Å². The highest BCUT2D eigenvalue weighted by Crippen LogP contribution is 2.43. The van der Waals surface area contributed by atoms with Crippen molar-refractivity contribution in [3.05, 3.63) is 134 Å². The Morgan fingerprint density at radius 3 is 2.07 bits per heavy atom. The summed E-state index contributed by atoms with van der Waals surface area (Å²) in [5.74, 6) is 0.616. The van der Waals surface area contributed by atoms with Crippen molar-refractivity contribution in [2.75, 3.05) is 38.5 Å². The smallest absolute Gasteiger partial charge is 0.330 e. The molecule has 1 aromatic heterocycles. The zero-order valence-corrected chi connectivity index (χ0v) is 27.1. The zero-order valence-electron chi connectivity index (χ0n) is 25.0. The number of hydrogen-bond donors (Lipinski definition) is 1. The van der Waals surface area contributed by atoms with Crippen LogP contribution in [0.1, 0.15) is 28.5 Å². The van der Waals surface area contributed by atoms with Crippen molar-refractivity contribution in [1.82, 2.24) is 9.55 Å². The van der Waals surface area contributed by atoms with Crippen molar-refractivity contribution >= 4 is 22.6 Å². The van der Waals surface area contributed by atoms with Gasteiger partial charge in [-0.1, -0.05) is 95.4 Å². The summed E-state index contributed by atoms with van der Waals surface area (Å²) in [7, 11) is 3.26. The number of aromatic amines is 1.